The molecule has 3 aromatic rings. The molecule has 0 spiro atoms. The first-order valence-corrected chi connectivity index (χ1v) is 13.4. The van der Waals surface area contributed by atoms with Crippen LogP contribution in [0.1, 0.15) is 66.3 Å². The lowest BCUT2D eigenvalue weighted by Crippen LogP contribution is -2.53. The summed E-state index contributed by atoms with van der Waals surface area (Å²) in [5.74, 6) is 0.335. The molecule has 2 aromatic carbocycles. The summed E-state index contributed by atoms with van der Waals surface area (Å²) in [4.78, 5) is 32.7. The Bertz CT molecular complexity index is 1210. The van der Waals surface area contributed by atoms with Gasteiger partial charge in [-0.15, -0.1) is 11.3 Å². The van der Waals surface area contributed by atoms with Crippen molar-refractivity contribution in [1.29, 1.82) is 0 Å². The number of thiophene rings is 1. The molecule has 1 saturated carbocycles. The lowest BCUT2D eigenvalue weighted by molar-refractivity contribution is -0.146. The van der Waals surface area contributed by atoms with Gasteiger partial charge in [0, 0.05) is 22.9 Å². The topological polar surface area (TPSA) is 40.6 Å². The average Bonchev–Trinajstić information content (AvgIpc) is 3.50. The zero-order valence-electron chi connectivity index (χ0n) is 21.0. The van der Waals surface area contributed by atoms with Gasteiger partial charge in [0.15, 0.2) is 0 Å². The van der Waals surface area contributed by atoms with E-state index in [0.717, 1.165) is 18.4 Å². The minimum atomic E-state index is -0.431. The lowest BCUT2D eigenvalue weighted by atomic mass is 9.92. The maximum absolute atomic E-state index is 13.9. The van der Waals surface area contributed by atoms with Gasteiger partial charge in [0.2, 0.25) is 11.8 Å². The Morgan fingerprint density at radius 3 is 2.40 bits per heavy atom. The molecule has 5 heteroatoms. The Morgan fingerprint density at radius 2 is 1.71 bits per heavy atom. The van der Waals surface area contributed by atoms with Gasteiger partial charge in [-0.2, -0.15) is 0 Å². The third-order valence-corrected chi connectivity index (χ3v) is 8.38. The molecule has 2 heterocycles. The van der Waals surface area contributed by atoms with Crippen LogP contribution in [0.25, 0.3) is 0 Å². The van der Waals surface area contributed by atoms with Crippen LogP contribution >= 0.6 is 11.3 Å². The summed E-state index contributed by atoms with van der Waals surface area (Å²) in [5.41, 5.74) is 4.34. The Hall–Kier alpha value is -2.92. The predicted octanol–water partition coefficient (Wildman–Crippen LogP) is 5.96. The zero-order valence-corrected chi connectivity index (χ0v) is 21.8. The predicted molar refractivity (Wildman–Crippen MR) is 142 cm³/mol. The van der Waals surface area contributed by atoms with E-state index in [1.165, 1.54) is 21.6 Å². The maximum Gasteiger partial charge on any atom is 0.243 e. The van der Waals surface area contributed by atoms with Crippen molar-refractivity contribution in [3.63, 3.8) is 0 Å². The van der Waals surface area contributed by atoms with Gasteiger partial charge in [-0.3, -0.25) is 9.59 Å². The summed E-state index contributed by atoms with van der Waals surface area (Å²) >= 11 is 1.77. The molecular weight excluding hydrogens is 452 g/mol. The number of aryl methyl sites for hydroxylation is 1. The summed E-state index contributed by atoms with van der Waals surface area (Å²) in [6.07, 6.45) is 1.72. The first-order chi connectivity index (χ1) is 16.7. The van der Waals surface area contributed by atoms with Crippen LogP contribution in [0.2, 0.25) is 0 Å². The molecule has 5 rings (SSSR count). The molecule has 182 valence electrons. The smallest absolute Gasteiger partial charge is 0.243 e. The molecule has 0 bridgehead atoms. The summed E-state index contributed by atoms with van der Waals surface area (Å²) in [5, 5.41) is 2.13. The number of fused-ring (bicyclic) bond motifs is 1. The third-order valence-electron chi connectivity index (χ3n) is 7.38. The SMILES string of the molecule is Cc1ccc(C2c3ccsc3CCN2C(=O)CN(C(=O)C2CC2c2ccccc2)C(C)(C)C)cc1. The van der Waals surface area contributed by atoms with Crippen LogP contribution in [-0.2, 0) is 16.0 Å². The zero-order chi connectivity index (χ0) is 24.7. The number of rotatable bonds is 5. The summed E-state index contributed by atoms with van der Waals surface area (Å²) in [7, 11) is 0. The molecule has 1 fully saturated rings. The standard InChI is InChI=1S/C30H34N2O2S/c1-20-10-12-22(13-11-20)28-23-15-17-35-26(23)14-16-31(28)27(33)19-32(30(2,3)4)29(34)25-18-24(25)21-8-6-5-7-9-21/h5-13,15,17,24-25,28H,14,16,18-19H2,1-4H3. The second-order valence-electron chi connectivity index (χ2n) is 10.9. The van der Waals surface area contributed by atoms with Gasteiger partial charge in [0.25, 0.3) is 0 Å². The van der Waals surface area contributed by atoms with Crippen molar-refractivity contribution in [2.75, 3.05) is 13.1 Å². The van der Waals surface area contributed by atoms with E-state index in [4.69, 9.17) is 0 Å². The molecule has 0 radical (unpaired) electrons. The summed E-state index contributed by atoms with van der Waals surface area (Å²) in [6, 6.07) is 20.8. The minimum Gasteiger partial charge on any atom is -0.330 e. The van der Waals surface area contributed by atoms with Gasteiger partial charge in [-0.1, -0.05) is 60.2 Å². The number of nitrogens with zero attached hydrogens (tertiary/aromatic N) is 2. The number of hydrogen-bond donors (Lipinski definition) is 0. The largest absolute Gasteiger partial charge is 0.330 e. The van der Waals surface area contributed by atoms with Gasteiger partial charge < -0.3 is 9.80 Å². The molecule has 3 unspecified atom stereocenters. The van der Waals surface area contributed by atoms with E-state index >= 15 is 0 Å². The number of amides is 2. The molecule has 3 atom stereocenters. The number of carbonyl (C=O) groups is 2. The number of hydrogen-bond acceptors (Lipinski definition) is 3. The molecule has 2 amide bonds. The van der Waals surface area contributed by atoms with Crippen LogP contribution in [0.15, 0.2) is 66.0 Å². The highest BCUT2D eigenvalue weighted by Gasteiger charge is 2.48. The van der Waals surface area contributed by atoms with E-state index in [-0.39, 0.29) is 36.2 Å². The monoisotopic (exact) mass is 486 g/mol. The van der Waals surface area contributed by atoms with Crippen molar-refractivity contribution in [2.24, 2.45) is 5.92 Å². The van der Waals surface area contributed by atoms with Crippen LogP contribution in [0.4, 0.5) is 0 Å². The molecule has 1 aromatic heterocycles. The fourth-order valence-electron chi connectivity index (χ4n) is 5.30. The van der Waals surface area contributed by atoms with Gasteiger partial charge in [-0.25, -0.2) is 0 Å². The Balaban J connectivity index is 1.38. The van der Waals surface area contributed by atoms with Crippen LogP contribution in [0.5, 0.6) is 0 Å². The second-order valence-corrected chi connectivity index (χ2v) is 11.9. The van der Waals surface area contributed by atoms with Gasteiger partial charge in [0.1, 0.15) is 6.54 Å². The average molecular weight is 487 g/mol. The summed E-state index contributed by atoms with van der Waals surface area (Å²) < 4.78 is 0. The Morgan fingerprint density at radius 1 is 1.00 bits per heavy atom. The Kier molecular flexibility index (Phi) is 6.30. The highest BCUT2D eigenvalue weighted by Crippen LogP contribution is 2.49. The molecule has 0 N–H and O–H groups in total. The normalized spacial score (nSPS) is 21.4. The first-order valence-electron chi connectivity index (χ1n) is 12.5. The number of carbonyl (C=O) groups excluding carboxylic acids is 2. The third kappa shape index (κ3) is 4.79. The van der Waals surface area contributed by atoms with E-state index in [1.807, 2.05) is 48.8 Å². The fraction of sp³-hybridized carbons (Fsp3) is 0.400. The van der Waals surface area contributed by atoms with Crippen molar-refractivity contribution < 1.29 is 9.59 Å². The highest BCUT2D eigenvalue weighted by molar-refractivity contribution is 7.10. The molecule has 1 aliphatic carbocycles. The molecule has 35 heavy (non-hydrogen) atoms. The van der Waals surface area contributed by atoms with Gasteiger partial charge in [-0.05, 0) is 74.6 Å². The lowest BCUT2D eigenvalue weighted by Gasteiger charge is -2.40. The van der Waals surface area contributed by atoms with E-state index in [2.05, 4.69) is 54.8 Å². The molecular formula is C30H34N2O2S. The fourth-order valence-corrected chi connectivity index (χ4v) is 6.21. The molecule has 2 aliphatic rings. The molecule has 0 saturated heterocycles. The first kappa shape index (κ1) is 23.8. The molecule has 1 aliphatic heterocycles. The van der Waals surface area contributed by atoms with Crippen molar-refractivity contribution in [1.82, 2.24) is 9.80 Å². The Labute approximate surface area is 212 Å². The van der Waals surface area contributed by atoms with E-state index in [9.17, 15) is 9.59 Å². The maximum atomic E-state index is 13.9. The van der Waals surface area contributed by atoms with Gasteiger partial charge >= 0.3 is 0 Å². The van der Waals surface area contributed by atoms with Crippen LogP contribution in [0.3, 0.4) is 0 Å². The van der Waals surface area contributed by atoms with Crippen molar-refractivity contribution in [2.45, 2.75) is 58.0 Å². The van der Waals surface area contributed by atoms with Crippen LogP contribution in [0, 0.1) is 12.8 Å². The highest BCUT2D eigenvalue weighted by atomic mass is 32.1. The van der Waals surface area contributed by atoms with Crippen molar-refractivity contribution in [3.05, 3.63) is 93.2 Å². The van der Waals surface area contributed by atoms with E-state index < -0.39 is 5.54 Å². The summed E-state index contributed by atoms with van der Waals surface area (Å²) in [6.45, 7) is 8.96. The minimum absolute atomic E-state index is 0.0209. The second kappa shape index (κ2) is 9.27. The number of benzene rings is 2. The van der Waals surface area contributed by atoms with Crippen molar-refractivity contribution >= 4 is 23.2 Å². The quantitative estimate of drug-likeness (QED) is 0.446. The van der Waals surface area contributed by atoms with Crippen molar-refractivity contribution in [3.8, 4) is 0 Å². The van der Waals surface area contributed by atoms with Crippen LogP contribution < -0.4 is 0 Å². The molecule has 4 nitrogen and oxygen atoms in total. The van der Waals surface area contributed by atoms with Gasteiger partial charge in [0.05, 0.1) is 6.04 Å². The van der Waals surface area contributed by atoms with Crippen LogP contribution in [-0.4, -0.2) is 40.2 Å². The van der Waals surface area contributed by atoms with E-state index in [0.29, 0.717) is 6.54 Å². The van der Waals surface area contributed by atoms with E-state index in [1.54, 1.807) is 11.3 Å².